The fourth-order valence-electron chi connectivity index (χ4n) is 4.58. The van der Waals surface area contributed by atoms with E-state index in [-0.39, 0.29) is 12.0 Å². The quantitative estimate of drug-likeness (QED) is 0.776. The van der Waals surface area contributed by atoms with Crippen LogP contribution in [0.1, 0.15) is 32.3 Å². The maximum Gasteiger partial charge on any atom is 0.417 e. The highest BCUT2D eigenvalue weighted by atomic mass is 19.4. The molecule has 148 valence electrons. The molecule has 0 aliphatic carbocycles. The summed E-state index contributed by atoms with van der Waals surface area (Å²) in [6.07, 6.45) is -6.75. The monoisotopic (exact) mass is 393 g/mol. The molecule has 3 aliphatic rings. The topological polar surface area (TPSA) is 66.8 Å². The largest absolute Gasteiger partial charge is 0.481 e. The number of para-hydroxylation sites is 1. The summed E-state index contributed by atoms with van der Waals surface area (Å²) >= 11 is 0. The lowest BCUT2D eigenvalue weighted by Gasteiger charge is -2.41. The summed E-state index contributed by atoms with van der Waals surface area (Å²) in [5.74, 6) is -2.72. The summed E-state index contributed by atoms with van der Waals surface area (Å²) in [4.78, 5) is 25.2. The van der Waals surface area contributed by atoms with Gasteiger partial charge in [0.15, 0.2) is 0 Å². The van der Waals surface area contributed by atoms with E-state index < -0.39 is 47.2 Å². The Labute approximate surface area is 159 Å². The summed E-state index contributed by atoms with van der Waals surface area (Å²) in [6, 6.07) is 7.39. The number of carboxylic acids is 1. The van der Waals surface area contributed by atoms with Crippen LogP contribution in [0.4, 0.5) is 18.9 Å². The van der Waals surface area contributed by atoms with Crippen molar-refractivity contribution < 1.29 is 32.6 Å². The highest BCUT2D eigenvalue weighted by Gasteiger charge is 2.54. The number of alkyl halides is 3. The Balaban J connectivity index is 2.05. The third kappa shape index (κ3) is 2.54. The normalized spacial score (nSPS) is 23.2. The first-order valence-electron chi connectivity index (χ1n) is 8.88. The van der Waals surface area contributed by atoms with Crippen LogP contribution in [0.25, 0.3) is 0 Å². The summed E-state index contributed by atoms with van der Waals surface area (Å²) in [7, 11) is 0. The first-order chi connectivity index (χ1) is 13.0. The van der Waals surface area contributed by atoms with Crippen LogP contribution in [-0.2, 0) is 19.7 Å². The number of hydrogen-bond acceptors (Lipinski definition) is 4. The zero-order valence-corrected chi connectivity index (χ0v) is 15.3. The van der Waals surface area contributed by atoms with E-state index >= 15 is 0 Å². The smallest absolute Gasteiger partial charge is 0.417 e. The van der Waals surface area contributed by atoms with Gasteiger partial charge in [0, 0.05) is 35.3 Å². The van der Waals surface area contributed by atoms with Crippen LogP contribution in [-0.4, -0.2) is 35.9 Å². The molecule has 0 spiro atoms. The third-order valence-electron chi connectivity index (χ3n) is 5.60. The summed E-state index contributed by atoms with van der Waals surface area (Å²) in [6.45, 7) is 4.08. The number of carbonyl (C=O) groups excluding carboxylic acids is 1. The van der Waals surface area contributed by atoms with Crippen molar-refractivity contribution in [3.05, 3.63) is 52.2 Å². The van der Waals surface area contributed by atoms with Crippen molar-refractivity contribution in [3.8, 4) is 0 Å². The van der Waals surface area contributed by atoms with Crippen molar-refractivity contribution in [2.24, 2.45) is 0 Å². The van der Waals surface area contributed by atoms with Gasteiger partial charge >= 0.3 is 18.1 Å². The van der Waals surface area contributed by atoms with Gasteiger partial charge in [-0.05, 0) is 11.6 Å². The van der Waals surface area contributed by atoms with Gasteiger partial charge in [-0.25, -0.2) is 4.79 Å². The second-order valence-electron chi connectivity index (χ2n) is 7.66. The number of aliphatic carboxylic acids is 1. The number of halogens is 3. The molecule has 0 saturated heterocycles. The average Bonchev–Trinajstić information content (AvgIpc) is 2.82. The van der Waals surface area contributed by atoms with Gasteiger partial charge in [0.1, 0.15) is 6.10 Å². The zero-order chi connectivity index (χ0) is 20.4. The van der Waals surface area contributed by atoms with Crippen molar-refractivity contribution in [2.45, 2.75) is 44.4 Å². The average molecular weight is 393 g/mol. The highest BCUT2D eigenvalue weighted by Crippen LogP contribution is 2.55. The highest BCUT2D eigenvalue weighted by molar-refractivity contribution is 5.97. The van der Waals surface area contributed by atoms with Crippen molar-refractivity contribution in [2.75, 3.05) is 11.4 Å². The third-order valence-corrected chi connectivity index (χ3v) is 5.60. The molecule has 0 amide bonds. The maximum atomic E-state index is 14.1. The molecule has 5 nitrogen and oxygen atoms in total. The molecule has 4 rings (SSSR count). The molecular formula is C20H18F3NO4. The number of ether oxygens (including phenoxy) is 1. The van der Waals surface area contributed by atoms with Crippen LogP contribution in [0.2, 0.25) is 0 Å². The number of carboxylic acid groups (broad SMARTS) is 1. The number of carbonyl (C=O) groups is 2. The van der Waals surface area contributed by atoms with Gasteiger partial charge in [0.2, 0.25) is 0 Å². The zero-order valence-electron chi connectivity index (χ0n) is 15.3. The second kappa shape index (κ2) is 5.86. The number of esters is 1. The molecule has 0 aromatic heterocycles. The van der Waals surface area contributed by atoms with E-state index in [1.165, 1.54) is 0 Å². The first kappa shape index (κ1) is 18.6. The van der Waals surface area contributed by atoms with Gasteiger partial charge in [-0.2, -0.15) is 13.2 Å². The van der Waals surface area contributed by atoms with E-state index in [1.807, 2.05) is 43.0 Å². The van der Waals surface area contributed by atoms with Crippen LogP contribution < -0.4 is 4.90 Å². The lowest BCUT2D eigenvalue weighted by Crippen LogP contribution is -2.45. The molecule has 1 N–H and O–H groups in total. The van der Waals surface area contributed by atoms with E-state index in [0.717, 1.165) is 11.3 Å². The fourth-order valence-corrected chi connectivity index (χ4v) is 4.58. The minimum atomic E-state index is -4.88. The lowest BCUT2D eigenvalue weighted by atomic mass is 9.76. The van der Waals surface area contributed by atoms with Crippen LogP contribution in [0, 0.1) is 0 Å². The van der Waals surface area contributed by atoms with Crippen LogP contribution in [0.15, 0.2) is 46.7 Å². The number of anilines is 1. The molecule has 3 heterocycles. The molecule has 1 unspecified atom stereocenters. The number of nitrogens with zero attached hydrogens (tertiary/aromatic N) is 1. The Hall–Kier alpha value is -2.77. The first-order valence-corrected chi connectivity index (χ1v) is 8.88. The van der Waals surface area contributed by atoms with Gasteiger partial charge in [0.25, 0.3) is 0 Å². The van der Waals surface area contributed by atoms with Crippen LogP contribution >= 0.6 is 0 Å². The predicted octanol–water partition coefficient (Wildman–Crippen LogP) is 3.70. The van der Waals surface area contributed by atoms with E-state index in [1.54, 1.807) is 0 Å². The molecule has 0 saturated carbocycles. The SMILES string of the molecule is CC1(C)C2=C3C(C(F)(F)F)=C(CC(=O)O)C(=O)OC3CCN2c2ccccc21. The fraction of sp³-hybridized carbons (Fsp3) is 0.400. The van der Waals surface area contributed by atoms with E-state index in [9.17, 15) is 22.8 Å². The number of benzene rings is 1. The van der Waals surface area contributed by atoms with E-state index in [0.29, 0.717) is 12.2 Å². The Kier molecular flexibility index (Phi) is 3.89. The van der Waals surface area contributed by atoms with Gasteiger partial charge in [-0.15, -0.1) is 0 Å². The molecule has 0 bridgehead atoms. The predicted molar refractivity (Wildman–Crippen MR) is 93.7 cm³/mol. The van der Waals surface area contributed by atoms with Crippen molar-refractivity contribution >= 4 is 17.6 Å². The van der Waals surface area contributed by atoms with E-state index in [4.69, 9.17) is 9.84 Å². The Morgan fingerprint density at radius 3 is 2.64 bits per heavy atom. The Bertz CT molecular complexity index is 958. The molecular weight excluding hydrogens is 375 g/mol. The molecule has 0 fully saturated rings. The molecule has 8 heteroatoms. The van der Waals surface area contributed by atoms with Crippen LogP contribution in [0.3, 0.4) is 0 Å². The molecule has 28 heavy (non-hydrogen) atoms. The molecule has 0 radical (unpaired) electrons. The van der Waals surface area contributed by atoms with E-state index in [2.05, 4.69) is 0 Å². The van der Waals surface area contributed by atoms with Crippen molar-refractivity contribution in [1.82, 2.24) is 0 Å². The summed E-state index contributed by atoms with van der Waals surface area (Å²) in [5.41, 5.74) is -0.727. The minimum Gasteiger partial charge on any atom is -0.481 e. The number of fused-ring (bicyclic) bond motifs is 4. The Morgan fingerprint density at radius 2 is 2.00 bits per heavy atom. The van der Waals surface area contributed by atoms with Crippen molar-refractivity contribution in [3.63, 3.8) is 0 Å². The number of allylic oxidation sites excluding steroid dienone is 1. The molecule has 1 atom stereocenters. The maximum absolute atomic E-state index is 14.1. The van der Waals surface area contributed by atoms with Gasteiger partial charge in [-0.1, -0.05) is 32.0 Å². The second-order valence-corrected chi connectivity index (χ2v) is 7.66. The molecule has 3 aliphatic heterocycles. The molecule has 1 aromatic rings. The summed E-state index contributed by atoms with van der Waals surface area (Å²) < 4.78 is 47.6. The molecule has 1 aromatic carbocycles. The minimum absolute atomic E-state index is 0.115. The summed E-state index contributed by atoms with van der Waals surface area (Å²) in [5, 5.41) is 9.06. The van der Waals surface area contributed by atoms with Crippen LogP contribution in [0.5, 0.6) is 0 Å². The number of hydrogen-bond donors (Lipinski definition) is 1. The van der Waals surface area contributed by atoms with Gasteiger partial charge in [0.05, 0.1) is 17.6 Å². The lowest BCUT2D eigenvalue weighted by molar-refractivity contribution is -0.149. The van der Waals surface area contributed by atoms with Gasteiger partial charge in [-0.3, -0.25) is 4.79 Å². The Morgan fingerprint density at radius 1 is 1.32 bits per heavy atom. The standard InChI is InChI=1S/C20H18F3NO4/c1-19(2)11-5-3-4-6-12(11)24-8-7-13-15(17(19)24)16(20(21,22)23)10(9-14(25)26)18(27)28-13/h3-6,13H,7-9H2,1-2H3,(H,25,26). The number of rotatable bonds is 2. The van der Waals surface area contributed by atoms with Gasteiger partial charge < -0.3 is 14.7 Å². The van der Waals surface area contributed by atoms with Crippen molar-refractivity contribution in [1.29, 1.82) is 0 Å².